The van der Waals surface area contributed by atoms with Gasteiger partial charge in [-0.3, -0.25) is 4.39 Å². The monoisotopic (exact) mass is 144 g/mol. The van der Waals surface area contributed by atoms with E-state index in [-0.39, 0.29) is 6.67 Å². The third-order valence-electron chi connectivity index (χ3n) is 2.66. The molecule has 1 aliphatic carbocycles. The predicted molar refractivity (Wildman–Crippen MR) is 41.7 cm³/mol. The van der Waals surface area contributed by atoms with E-state index in [4.69, 9.17) is 0 Å². The molecule has 0 atom stereocenters. The zero-order valence-electron chi connectivity index (χ0n) is 6.78. The van der Waals surface area contributed by atoms with Crippen molar-refractivity contribution >= 4 is 0 Å². The molecule has 0 heterocycles. The van der Waals surface area contributed by atoms with E-state index in [1.54, 1.807) is 0 Å². The SMILES string of the molecule is CCC1CC(CCCF)C1. The van der Waals surface area contributed by atoms with Crippen LogP contribution in [-0.4, -0.2) is 6.67 Å². The number of rotatable bonds is 4. The Morgan fingerprint density at radius 3 is 2.50 bits per heavy atom. The summed E-state index contributed by atoms with van der Waals surface area (Å²) in [6.45, 7) is 2.13. The molecule has 1 fully saturated rings. The molecule has 0 amide bonds. The van der Waals surface area contributed by atoms with Crippen LogP contribution in [0.4, 0.5) is 4.39 Å². The minimum absolute atomic E-state index is 0.118. The summed E-state index contributed by atoms with van der Waals surface area (Å²) in [6, 6.07) is 0. The van der Waals surface area contributed by atoms with Crippen LogP contribution < -0.4 is 0 Å². The highest BCUT2D eigenvalue weighted by molar-refractivity contribution is 4.77. The molecule has 0 N–H and O–H groups in total. The molecule has 0 aromatic heterocycles. The lowest BCUT2D eigenvalue weighted by molar-refractivity contribution is 0.170. The molecule has 1 heteroatoms. The van der Waals surface area contributed by atoms with Crippen molar-refractivity contribution in [2.75, 3.05) is 6.67 Å². The van der Waals surface area contributed by atoms with E-state index in [0.29, 0.717) is 0 Å². The molecule has 0 aromatic carbocycles. The quantitative estimate of drug-likeness (QED) is 0.568. The van der Waals surface area contributed by atoms with Crippen LogP contribution in [0.15, 0.2) is 0 Å². The maximum atomic E-state index is 11.7. The first-order valence-corrected chi connectivity index (χ1v) is 4.42. The fraction of sp³-hybridized carbons (Fsp3) is 1.00. The second-order valence-corrected chi connectivity index (χ2v) is 3.44. The maximum absolute atomic E-state index is 11.7. The van der Waals surface area contributed by atoms with E-state index in [9.17, 15) is 4.39 Å². The van der Waals surface area contributed by atoms with E-state index in [2.05, 4.69) is 6.92 Å². The average Bonchev–Trinajstić information content (AvgIpc) is 1.86. The van der Waals surface area contributed by atoms with Crippen molar-refractivity contribution < 1.29 is 4.39 Å². The second-order valence-electron chi connectivity index (χ2n) is 3.44. The highest BCUT2D eigenvalue weighted by atomic mass is 19.1. The van der Waals surface area contributed by atoms with Gasteiger partial charge in [-0.15, -0.1) is 0 Å². The van der Waals surface area contributed by atoms with Crippen LogP contribution in [0.1, 0.15) is 39.0 Å². The highest BCUT2D eigenvalue weighted by Crippen LogP contribution is 2.38. The van der Waals surface area contributed by atoms with Gasteiger partial charge in [0.25, 0.3) is 0 Å². The molecule has 1 saturated carbocycles. The third-order valence-corrected chi connectivity index (χ3v) is 2.66. The van der Waals surface area contributed by atoms with Gasteiger partial charge < -0.3 is 0 Å². The van der Waals surface area contributed by atoms with Crippen molar-refractivity contribution in [3.63, 3.8) is 0 Å². The normalized spacial score (nSPS) is 31.8. The van der Waals surface area contributed by atoms with Gasteiger partial charge in [-0.2, -0.15) is 0 Å². The molecular weight excluding hydrogens is 127 g/mol. The summed E-state index contributed by atoms with van der Waals surface area (Å²) in [4.78, 5) is 0. The minimum atomic E-state index is -0.118. The van der Waals surface area contributed by atoms with E-state index < -0.39 is 0 Å². The standard InChI is InChI=1S/C9H17F/c1-2-8-6-9(7-8)4-3-5-10/h8-9H,2-7H2,1H3. The predicted octanol–water partition coefficient (Wildman–Crippen LogP) is 3.17. The summed E-state index contributed by atoms with van der Waals surface area (Å²) in [6.07, 6.45) is 5.99. The van der Waals surface area contributed by atoms with Crippen molar-refractivity contribution in [1.29, 1.82) is 0 Å². The maximum Gasteiger partial charge on any atom is 0.0894 e. The third kappa shape index (κ3) is 1.96. The average molecular weight is 144 g/mol. The van der Waals surface area contributed by atoms with Gasteiger partial charge in [0.05, 0.1) is 6.67 Å². The zero-order chi connectivity index (χ0) is 7.40. The number of hydrogen-bond acceptors (Lipinski definition) is 0. The Hall–Kier alpha value is -0.0700. The fourth-order valence-corrected chi connectivity index (χ4v) is 1.81. The molecule has 60 valence electrons. The van der Waals surface area contributed by atoms with Gasteiger partial charge in [-0.1, -0.05) is 13.3 Å². The lowest BCUT2D eigenvalue weighted by Gasteiger charge is -2.34. The van der Waals surface area contributed by atoms with E-state index >= 15 is 0 Å². The van der Waals surface area contributed by atoms with Crippen LogP contribution >= 0.6 is 0 Å². The Morgan fingerprint density at radius 2 is 2.00 bits per heavy atom. The summed E-state index contributed by atoms with van der Waals surface area (Å²) in [5, 5.41) is 0. The summed E-state index contributed by atoms with van der Waals surface area (Å²) < 4.78 is 11.7. The molecule has 0 saturated heterocycles. The molecule has 0 radical (unpaired) electrons. The number of halogens is 1. The van der Waals surface area contributed by atoms with Crippen molar-refractivity contribution in [2.24, 2.45) is 11.8 Å². The Labute approximate surface area is 62.8 Å². The molecule has 0 nitrogen and oxygen atoms in total. The summed E-state index contributed by atoms with van der Waals surface area (Å²) in [5.74, 6) is 1.85. The van der Waals surface area contributed by atoms with E-state index in [1.165, 1.54) is 19.3 Å². The Morgan fingerprint density at radius 1 is 1.30 bits per heavy atom. The number of alkyl halides is 1. The van der Waals surface area contributed by atoms with Gasteiger partial charge in [-0.25, -0.2) is 0 Å². The summed E-state index contributed by atoms with van der Waals surface area (Å²) >= 11 is 0. The van der Waals surface area contributed by atoms with Gasteiger partial charge in [0.15, 0.2) is 0 Å². The summed E-state index contributed by atoms with van der Waals surface area (Å²) in [5.41, 5.74) is 0. The molecule has 0 aliphatic heterocycles. The van der Waals surface area contributed by atoms with Crippen LogP contribution in [0, 0.1) is 11.8 Å². The van der Waals surface area contributed by atoms with Gasteiger partial charge in [0.2, 0.25) is 0 Å². The summed E-state index contributed by atoms with van der Waals surface area (Å²) in [7, 11) is 0. The fourth-order valence-electron chi connectivity index (χ4n) is 1.81. The molecular formula is C9H17F. The van der Waals surface area contributed by atoms with Gasteiger partial charge in [-0.05, 0) is 37.5 Å². The van der Waals surface area contributed by atoms with Gasteiger partial charge in [0, 0.05) is 0 Å². The van der Waals surface area contributed by atoms with Crippen LogP contribution in [-0.2, 0) is 0 Å². The van der Waals surface area contributed by atoms with Crippen molar-refractivity contribution in [1.82, 2.24) is 0 Å². The molecule has 0 spiro atoms. The van der Waals surface area contributed by atoms with Crippen molar-refractivity contribution in [3.8, 4) is 0 Å². The van der Waals surface area contributed by atoms with Crippen LogP contribution in [0.5, 0.6) is 0 Å². The smallest absolute Gasteiger partial charge is 0.0894 e. The van der Waals surface area contributed by atoms with E-state index in [1.807, 2.05) is 0 Å². The molecule has 1 aliphatic rings. The second kappa shape index (κ2) is 3.95. The van der Waals surface area contributed by atoms with Crippen LogP contribution in [0.25, 0.3) is 0 Å². The largest absolute Gasteiger partial charge is 0.251 e. The first-order valence-electron chi connectivity index (χ1n) is 4.42. The van der Waals surface area contributed by atoms with Crippen molar-refractivity contribution in [3.05, 3.63) is 0 Å². The zero-order valence-corrected chi connectivity index (χ0v) is 6.78. The first-order chi connectivity index (χ1) is 4.86. The number of hydrogen-bond donors (Lipinski definition) is 0. The van der Waals surface area contributed by atoms with Gasteiger partial charge in [0.1, 0.15) is 0 Å². The molecule has 0 unspecified atom stereocenters. The van der Waals surface area contributed by atoms with Crippen LogP contribution in [0.3, 0.4) is 0 Å². The topological polar surface area (TPSA) is 0 Å². The van der Waals surface area contributed by atoms with Crippen LogP contribution in [0.2, 0.25) is 0 Å². The van der Waals surface area contributed by atoms with Crippen molar-refractivity contribution in [2.45, 2.75) is 39.0 Å². The Kier molecular flexibility index (Phi) is 3.17. The molecule has 0 bridgehead atoms. The molecule has 1 rings (SSSR count). The van der Waals surface area contributed by atoms with Gasteiger partial charge >= 0.3 is 0 Å². The van der Waals surface area contributed by atoms with E-state index in [0.717, 1.165) is 24.7 Å². The lowest BCUT2D eigenvalue weighted by atomic mass is 9.72. The Balaban J connectivity index is 1.93. The highest BCUT2D eigenvalue weighted by Gasteiger charge is 2.26. The minimum Gasteiger partial charge on any atom is -0.251 e. The Bertz CT molecular complexity index is 82.0. The first kappa shape index (κ1) is 8.03. The molecule has 10 heavy (non-hydrogen) atoms. The molecule has 0 aromatic rings. The lowest BCUT2D eigenvalue weighted by Crippen LogP contribution is -2.22.